The highest BCUT2D eigenvalue weighted by Gasteiger charge is 2.36. The molecule has 0 unspecified atom stereocenters. The fourth-order valence-corrected chi connectivity index (χ4v) is 1.20. The van der Waals surface area contributed by atoms with Gasteiger partial charge in [0, 0.05) is 5.54 Å². The fraction of sp³-hybridized carbons (Fsp3) is 0.500. The standard InChI is InChI=1S/C10H12N2O/c1-10(4-5-10)12-7-9-3-2-8(6-11)13-9/h2-3,12H,4-5,7H2,1H3. The van der Waals surface area contributed by atoms with Gasteiger partial charge in [0.2, 0.25) is 5.76 Å². The monoisotopic (exact) mass is 176 g/mol. The molecule has 0 saturated heterocycles. The predicted octanol–water partition coefficient (Wildman–Crippen LogP) is 1.79. The molecule has 0 amide bonds. The van der Waals surface area contributed by atoms with Crippen LogP contribution < -0.4 is 5.32 Å². The van der Waals surface area contributed by atoms with Crippen molar-refractivity contribution in [2.75, 3.05) is 0 Å². The van der Waals surface area contributed by atoms with Crippen LogP contribution in [0.15, 0.2) is 16.5 Å². The second-order valence-electron chi connectivity index (χ2n) is 3.79. The average molecular weight is 176 g/mol. The highest BCUT2D eigenvalue weighted by atomic mass is 16.3. The lowest BCUT2D eigenvalue weighted by atomic mass is 10.3. The van der Waals surface area contributed by atoms with E-state index in [1.807, 2.05) is 12.1 Å². The molecule has 1 aliphatic rings. The van der Waals surface area contributed by atoms with Crippen molar-refractivity contribution in [2.24, 2.45) is 0 Å². The van der Waals surface area contributed by atoms with E-state index in [0.717, 1.165) is 12.3 Å². The van der Waals surface area contributed by atoms with Crippen LogP contribution >= 0.6 is 0 Å². The lowest BCUT2D eigenvalue weighted by Crippen LogP contribution is -2.26. The van der Waals surface area contributed by atoms with Gasteiger partial charge < -0.3 is 9.73 Å². The van der Waals surface area contributed by atoms with Crippen molar-refractivity contribution in [1.82, 2.24) is 5.32 Å². The maximum absolute atomic E-state index is 8.53. The van der Waals surface area contributed by atoms with Gasteiger partial charge in [-0.25, -0.2) is 0 Å². The molecular weight excluding hydrogens is 164 g/mol. The van der Waals surface area contributed by atoms with Crippen molar-refractivity contribution in [2.45, 2.75) is 31.8 Å². The third kappa shape index (κ3) is 1.90. The topological polar surface area (TPSA) is 49.0 Å². The summed E-state index contributed by atoms with van der Waals surface area (Å²) in [5.41, 5.74) is 0.319. The summed E-state index contributed by atoms with van der Waals surface area (Å²) in [5, 5.41) is 11.9. The molecule has 1 aromatic heterocycles. The van der Waals surface area contributed by atoms with Crippen LogP contribution in [0.25, 0.3) is 0 Å². The number of rotatable bonds is 3. The zero-order chi connectivity index (χ0) is 9.31. The Bertz CT molecular complexity index is 344. The largest absolute Gasteiger partial charge is 0.449 e. The van der Waals surface area contributed by atoms with Crippen molar-refractivity contribution in [3.8, 4) is 6.07 Å². The van der Waals surface area contributed by atoms with Crippen molar-refractivity contribution in [3.05, 3.63) is 23.7 Å². The summed E-state index contributed by atoms with van der Waals surface area (Å²) in [5.74, 6) is 1.22. The lowest BCUT2D eigenvalue weighted by molar-refractivity contribution is 0.442. The molecule has 68 valence electrons. The summed E-state index contributed by atoms with van der Waals surface area (Å²) in [4.78, 5) is 0. The first-order chi connectivity index (χ1) is 6.22. The van der Waals surface area contributed by atoms with Gasteiger partial charge in [-0.1, -0.05) is 0 Å². The number of nitrogens with one attached hydrogen (secondary N) is 1. The van der Waals surface area contributed by atoms with Gasteiger partial charge in [0.05, 0.1) is 6.54 Å². The van der Waals surface area contributed by atoms with Crippen LogP contribution in [0.5, 0.6) is 0 Å². The Labute approximate surface area is 77.4 Å². The second kappa shape index (κ2) is 2.90. The molecule has 1 fully saturated rings. The molecule has 3 heteroatoms. The van der Waals surface area contributed by atoms with E-state index in [1.54, 1.807) is 6.07 Å². The maximum atomic E-state index is 8.53. The lowest BCUT2D eigenvalue weighted by Gasteiger charge is -2.08. The van der Waals surface area contributed by atoms with Crippen LogP contribution in [0.4, 0.5) is 0 Å². The number of hydrogen-bond acceptors (Lipinski definition) is 3. The maximum Gasteiger partial charge on any atom is 0.203 e. The van der Waals surface area contributed by atoms with Gasteiger partial charge >= 0.3 is 0 Å². The minimum absolute atomic E-state index is 0.319. The zero-order valence-electron chi connectivity index (χ0n) is 7.63. The molecule has 1 heterocycles. The van der Waals surface area contributed by atoms with Crippen LogP contribution in [0, 0.1) is 11.3 Å². The van der Waals surface area contributed by atoms with Crippen LogP contribution in [0.1, 0.15) is 31.3 Å². The van der Waals surface area contributed by atoms with Gasteiger partial charge in [0.1, 0.15) is 11.8 Å². The van der Waals surface area contributed by atoms with Gasteiger partial charge in [-0.2, -0.15) is 5.26 Å². The average Bonchev–Trinajstić information content (AvgIpc) is 2.69. The number of nitrogens with zero attached hydrogens (tertiary/aromatic N) is 1. The minimum Gasteiger partial charge on any atom is -0.449 e. The smallest absolute Gasteiger partial charge is 0.203 e. The Hall–Kier alpha value is -1.27. The van der Waals surface area contributed by atoms with Crippen molar-refractivity contribution < 1.29 is 4.42 Å². The van der Waals surface area contributed by atoms with E-state index < -0.39 is 0 Å². The Balaban J connectivity index is 1.91. The Kier molecular flexibility index (Phi) is 1.86. The van der Waals surface area contributed by atoms with Crippen LogP contribution in [0.3, 0.4) is 0 Å². The molecule has 1 aliphatic carbocycles. The summed E-state index contributed by atoms with van der Waals surface area (Å²) in [6.07, 6.45) is 2.47. The van der Waals surface area contributed by atoms with E-state index in [-0.39, 0.29) is 0 Å². The Morgan fingerprint density at radius 3 is 2.92 bits per heavy atom. The second-order valence-corrected chi connectivity index (χ2v) is 3.79. The van der Waals surface area contributed by atoms with Crippen LogP contribution in [-0.4, -0.2) is 5.54 Å². The molecule has 0 radical (unpaired) electrons. The van der Waals surface area contributed by atoms with E-state index in [2.05, 4.69) is 12.2 Å². The third-order valence-electron chi connectivity index (χ3n) is 2.46. The summed E-state index contributed by atoms with van der Waals surface area (Å²) in [7, 11) is 0. The highest BCUT2D eigenvalue weighted by Crippen LogP contribution is 2.34. The van der Waals surface area contributed by atoms with Gasteiger partial charge in [-0.3, -0.25) is 0 Å². The highest BCUT2D eigenvalue weighted by molar-refractivity contribution is 5.19. The molecule has 2 rings (SSSR count). The number of hydrogen-bond donors (Lipinski definition) is 1. The summed E-state index contributed by atoms with van der Waals surface area (Å²) in [6, 6.07) is 5.51. The van der Waals surface area contributed by atoms with Gasteiger partial charge in [0.15, 0.2) is 0 Å². The molecule has 0 atom stereocenters. The normalized spacial score (nSPS) is 18.2. The predicted molar refractivity (Wildman–Crippen MR) is 47.9 cm³/mol. The molecule has 1 N–H and O–H groups in total. The van der Waals surface area contributed by atoms with E-state index >= 15 is 0 Å². The molecule has 0 aromatic carbocycles. The van der Waals surface area contributed by atoms with Crippen LogP contribution in [-0.2, 0) is 6.54 Å². The zero-order valence-corrected chi connectivity index (χ0v) is 7.63. The van der Waals surface area contributed by atoms with Crippen molar-refractivity contribution in [1.29, 1.82) is 5.26 Å². The molecule has 0 spiro atoms. The first kappa shape index (κ1) is 8.33. The first-order valence-electron chi connectivity index (χ1n) is 4.46. The third-order valence-corrected chi connectivity index (χ3v) is 2.46. The summed E-state index contributed by atoms with van der Waals surface area (Å²) in [6.45, 7) is 2.92. The summed E-state index contributed by atoms with van der Waals surface area (Å²) >= 11 is 0. The van der Waals surface area contributed by atoms with Gasteiger partial charge in [-0.15, -0.1) is 0 Å². The molecule has 1 aromatic rings. The minimum atomic E-state index is 0.319. The number of nitriles is 1. The van der Waals surface area contributed by atoms with Crippen molar-refractivity contribution >= 4 is 0 Å². The quantitative estimate of drug-likeness (QED) is 0.763. The SMILES string of the molecule is CC1(NCc2ccc(C#N)o2)CC1. The molecule has 1 saturated carbocycles. The Morgan fingerprint density at radius 2 is 2.38 bits per heavy atom. The number of furan rings is 1. The first-order valence-corrected chi connectivity index (χ1v) is 4.46. The van der Waals surface area contributed by atoms with E-state index in [9.17, 15) is 0 Å². The van der Waals surface area contributed by atoms with E-state index in [1.165, 1.54) is 12.8 Å². The molecule has 0 aliphatic heterocycles. The van der Waals surface area contributed by atoms with Gasteiger partial charge in [0.25, 0.3) is 0 Å². The van der Waals surface area contributed by atoms with E-state index in [0.29, 0.717) is 11.3 Å². The fourth-order valence-electron chi connectivity index (χ4n) is 1.20. The van der Waals surface area contributed by atoms with Crippen molar-refractivity contribution in [3.63, 3.8) is 0 Å². The molecule has 3 nitrogen and oxygen atoms in total. The Morgan fingerprint density at radius 1 is 1.62 bits per heavy atom. The van der Waals surface area contributed by atoms with Gasteiger partial charge in [-0.05, 0) is 31.9 Å². The molecular formula is C10H12N2O. The molecule has 0 bridgehead atoms. The van der Waals surface area contributed by atoms with E-state index in [4.69, 9.17) is 9.68 Å². The summed E-state index contributed by atoms with van der Waals surface area (Å²) < 4.78 is 5.23. The van der Waals surface area contributed by atoms with Crippen LogP contribution in [0.2, 0.25) is 0 Å². The molecule has 13 heavy (non-hydrogen) atoms.